The Morgan fingerprint density at radius 3 is 2.66 bits per heavy atom. The van der Waals surface area contributed by atoms with Crippen LogP contribution >= 0.6 is 0 Å². The minimum absolute atomic E-state index is 0.729. The molecule has 3 N–H and O–H groups in total. The number of aryl methyl sites for hydroxylation is 3. The summed E-state index contributed by atoms with van der Waals surface area (Å²) in [5, 5.41) is 2.43. The van der Waals surface area contributed by atoms with Crippen molar-refractivity contribution in [2.24, 2.45) is 5.73 Å². The third-order valence-corrected chi connectivity index (χ3v) is 5.74. The molecule has 0 amide bonds. The molecule has 29 heavy (non-hydrogen) atoms. The summed E-state index contributed by atoms with van der Waals surface area (Å²) in [6, 6.07) is 15.0. The molecule has 0 radical (unpaired) electrons. The number of nitrogens with two attached hydrogens (primary N) is 1. The second-order valence-electron chi connectivity index (χ2n) is 7.58. The first-order valence-electron chi connectivity index (χ1n) is 10.4. The highest BCUT2D eigenvalue weighted by Gasteiger charge is 2.18. The van der Waals surface area contributed by atoms with Gasteiger partial charge in [-0.05, 0) is 68.5 Å². The van der Waals surface area contributed by atoms with Gasteiger partial charge in [0.1, 0.15) is 11.3 Å². The van der Waals surface area contributed by atoms with Crippen molar-refractivity contribution >= 4 is 21.8 Å². The lowest BCUT2D eigenvalue weighted by Crippen LogP contribution is -1.99. The number of pyridine rings is 1. The summed E-state index contributed by atoms with van der Waals surface area (Å²) in [6.07, 6.45) is 4.12. The maximum Gasteiger partial charge on any atom is 0.145 e. The molecule has 0 bridgehead atoms. The number of fused-ring (bicyclic) bond motifs is 2. The van der Waals surface area contributed by atoms with Crippen molar-refractivity contribution in [1.82, 2.24) is 9.97 Å². The van der Waals surface area contributed by atoms with Gasteiger partial charge in [0.15, 0.2) is 0 Å². The summed E-state index contributed by atoms with van der Waals surface area (Å²) in [6.45, 7) is 4.95. The first kappa shape index (κ1) is 19.5. The molecule has 0 atom stereocenters. The summed E-state index contributed by atoms with van der Waals surface area (Å²) in [4.78, 5) is 8.54. The van der Waals surface area contributed by atoms with E-state index in [0.29, 0.717) is 0 Å². The highest BCUT2D eigenvalue weighted by atomic mass is 16.5. The van der Waals surface area contributed by atoms with Gasteiger partial charge in [0.05, 0.1) is 12.8 Å². The molecule has 2 aromatic carbocycles. The van der Waals surface area contributed by atoms with Crippen LogP contribution in [0.3, 0.4) is 0 Å². The molecule has 4 rings (SSSR count). The zero-order valence-electron chi connectivity index (χ0n) is 17.5. The number of rotatable bonds is 7. The van der Waals surface area contributed by atoms with Crippen LogP contribution in [0.4, 0.5) is 0 Å². The molecule has 4 heteroatoms. The quantitative estimate of drug-likeness (QED) is 0.409. The molecule has 0 unspecified atom stereocenters. The largest absolute Gasteiger partial charge is 0.494 e. The summed E-state index contributed by atoms with van der Waals surface area (Å²) >= 11 is 0. The minimum Gasteiger partial charge on any atom is -0.494 e. The van der Waals surface area contributed by atoms with Gasteiger partial charge in [0, 0.05) is 27.5 Å². The van der Waals surface area contributed by atoms with E-state index in [2.05, 4.69) is 48.3 Å². The Labute approximate surface area is 172 Å². The first-order chi connectivity index (χ1) is 14.2. The number of para-hydroxylation sites is 1. The zero-order chi connectivity index (χ0) is 20.4. The third kappa shape index (κ3) is 3.49. The van der Waals surface area contributed by atoms with Gasteiger partial charge in [0.2, 0.25) is 0 Å². The molecule has 0 saturated heterocycles. The van der Waals surface area contributed by atoms with Crippen LogP contribution in [0.2, 0.25) is 0 Å². The topological polar surface area (TPSA) is 63.9 Å². The fraction of sp³-hybridized carbons (Fsp3) is 0.320. The molecular formula is C25H29N3O. The van der Waals surface area contributed by atoms with E-state index in [4.69, 9.17) is 15.5 Å². The number of hydrogen-bond acceptors (Lipinski definition) is 3. The van der Waals surface area contributed by atoms with Gasteiger partial charge >= 0.3 is 0 Å². The maximum absolute atomic E-state index is 5.77. The van der Waals surface area contributed by atoms with E-state index in [1.807, 2.05) is 13.0 Å². The van der Waals surface area contributed by atoms with E-state index in [1.165, 1.54) is 33.3 Å². The van der Waals surface area contributed by atoms with Crippen LogP contribution < -0.4 is 10.5 Å². The summed E-state index contributed by atoms with van der Waals surface area (Å²) < 4.78 is 5.59. The normalized spacial score (nSPS) is 11.4. The van der Waals surface area contributed by atoms with E-state index in [9.17, 15) is 0 Å². The Balaban J connectivity index is 1.99. The first-order valence-corrected chi connectivity index (χ1v) is 10.4. The molecule has 0 aliphatic rings. The molecule has 0 saturated carbocycles. The van der Waals surface area contributed by atoms with Gasteiger partial charge in [-0.2, -0.15) is 0 Å². The lowest BCUT2D eigenvalue weighted by atomic mass is 9.96. The second-order valence-corrected chi connectivity index (χ2v) is 7.58. The van der Waals surface area contributed by atoms with Gasteiger partial charge in [-0.15, -0.1) is 0 Å². The van der Waals surface area contributed by atoms with Crippen molar-refractivity contribution in [1.29, 1.82) is 0 Å². The summed E-state index contributed by atoms with van der Waals surface area (Å²) in [7, 11) is 1.70. The molecule has 150 valence electrons. The van der Waals surface area contributed by atoms with Crippen LogP contribution in [0.1, 0.15) is 36.6 Å². The van der Waals surface area contributed by atoms with Crippen molar-refractivity contribution in [2.45, 2.75) is 39.5 Å². The molecule has 0 fully saturated rings. The smallest absolute Gasteiger partial charge is 0.145 e. The fourth-order valence-corrected chi connectivity index (χ4v) is 4.24. The number of H-pyrrole nitrogens is 1. The molecule has 4 nitrogen and oxygen atoms in total. The Hall–Kier alpha value is -2.85. The molecule has 0 spiro atoms. The number of aromatic amines is 1. The van der Waals surface area contributed by atoms with E-state index in [0.717, 1.165) is 54.6 Å². The number of nitrogens with zero attached hydrogens (tertiary/aromatic N) is 1. The number of aromatic nitrogens is 2. The summed E-state index contributed by atoms with van der Waals surface area (Å²) in [5.74, 6) is 0.808. The highest BCUT2D eigenvalue weighted by molar-refractivity contribution is 6.02. The Bertz CT molecular complexity index is 1160. The minimum atomic E-state index is 0.729. The fourth-order valence-electron chi connectivity index (χ4n) is 4.24. The summed E-state index contributed by atoms with van der Waals surface area (Å²) in [5.41, 5.74) is 14.0. The van der Waals surface area contributed by atoms with E-state index in [-0.39, 0.29) is 0 Å². The van der Waals surface area contributed by atoms with Gasteiger partial charge < -0.3 is 15.5 Å². The van der Waals surface area contributed by atoms with Gasteiger partial charge in [-0.25, -0.2) is 4.98 Å². The molecule has 4 aromatic rings. The average Bonchev–Trinajstić information content (AvgIpc) is 3.11. The van der Waals surface area contributed by atoms with Crippen LogP contribution in [-0.2, 0) is 12.8 Å². The highest BCUT2D eigenvalue weighted by Crippen LogP contribution is 2.38. The maximum atomic E-state index is 5.77. The molecule has 0 aliphatic heterocycles. The van der Waals surface area contributed by atoms with Crippen LogP contribution in [0, 0.1) is 6.92 Å². The van der Waals surface area contributed by atoms with E-state index in [1.54, 1.807) is 7.11 Å². The molecular weight excluding hydrogens is 358 g/mol. The van der Waals surface area contributed by atoms with Crippen LogP contribution in [0.5, 0.6) is 5.75 Å². The monoisotopic (exact) mass is 387 g/mol. The number of nitrogens with one attached hydrogen (secondary N) is 1. The number of methoxy groups -OCH3 is 1. The standard InChI is InChI=1S/C25H29N3O/c1-4-17-8-7-10-18-19(9-5-6-15-26)24(28-23(17)18)20-13-14-22(29-3)25-21(20)12-11-16(2)27-25/h7-8,10-14,28H,4-6,9,15,26H2,1-3H3. The molecule has 0 aliphatic carbocycles. The predicted molar refractivity (Wildman–Crippen MR) is 122 cm³/mol. The second kappa shape index (κ2) is 8.26. The zero-order valence-corrected chi connectivity index (χ0v) is 17.5. The van der Waals surface area contributed by atoms with Crippen LogP contribution in [0.25, 0.3) is 33.1 Å². The molecule has 2 heterocycles. The lowest BCUT2D eigenvalue weighted by molar-refractivity contribution is 0.419. The van der Waals surface area contributed by atoms with Gasteiger partial charge in [-0.1, -0.05) is 31.2 Å². The Kier molecular flexibility index (Phi) is 5.54. The number of ether oxygens (including phenoxy) is 1. The number of benzene rings is 2. The van der Waals surface area contributed by atoms with Crippen molar-refractivity contribution < 1.29 is 4.74 Å². The number of hydrogen-bond donors (Lipinski definition) is 2. The Morgan fingerprint density at radius 2 is 1.90 bits per heavy atom. The molecule has 2 aromatic heterocycles. The average molecular weight is 388 g/mol. The van der Waals surface area contributed by atoms with Gasteiger partial charge in [-0.3, -0.25) is 0 Å². The van der Waals surface area contributed by atoms with Crippen molar-refractivity contribution in [3.63, 3.8) is 0 Å². The van der Waals surface area contributed by atoms with E-state index >= 15 is 0 Å². The predicted octanol–water partition coefficient (Wildman–Crippen LogP) is 5.54. The Morgan fingerprint density at radius 1 is 1.03 bits per heavy atom. The van der Waals surface area contributed by atoms with Gasteiger partial charge in [0.25, 0.3) is 0 Å². The van der Waals surface area contributed by atoms with Crippen molar-refractivity contribution in [3.8, 4) is 17.0 Å². The SMILES string of the molecule is CCc1cccc2c(CCCCN)c(-c3ccc(OC)c4nc(C)ccc34)[nH]c12. The van der Waals surface area contributed by atoms with Crippen LogP contribution in [0.15, 0.2) is 42.5 Å². The number of unbranched alkanes of at least 4 members (excludes halogenated alkanes) is 1. The van der Waals surface area contributed by atoms with Crippen LogP contribution in [-0.4, -0.2) is 23.6 Å². The lowest BCUT2D eigenvalue weighted by Gasteiger charge is -2.12. The van der Waals surface area contributed by atoms with Crippen molar-refractivity contribution in [3.05, 3.63) is 59.3 Å². The third-order valence-electron chi connectivity index (χ3n) is 5.74. The van der Waals surface area contributed by atoms with Crippen molar-refractivity contribution in [2.75, 3.05) is 13.7 Å². The van der Waals surface area contributed by atoms with E-state index < -0.39 is 0 Å².